The monoisotopic (exact) mass is 417 g/mol. The molecule has 0 spiro atoms. The van der Waals surface area contributed by atoms with E-state index in [-0.39, 0.29) is 22.7 Å². The van der Waals surface area contributed by atoms with Gasteiger partial charge in [0.2, 0.25) is 5.95 Å². The van der Waals surface area contributed by atoms with Gasteiger partial charge in [0, 0.05) is 29.3 Å². The fourth-order valence-electron chi connectivity index (χ4n) is 3.35. The number of hydrogen-bond donors (Lipinski definition) is 2. The zero-order valence-electron chi connectivity index (χ0n) is 16.9. The molecule has 3 aromatic heterocycles. The largest absolute Gasteiger partial charge is 0.451 e. The van der Waals surface area contributed by atoms with E-state index < -0.39 is 5.91 Å². The SMILES string of the molecule is Cc1nc(-n2nc(C3CC3)cc2NC(=O)c2cc(=O)c3ccccc3o2)[nH]c(=O)c1C. The second kappa shape index (κ2) is 7.05. The molecule has 0 saturated heterocycles. The number of rotatable bonds is 4. The van der Waals surface area contributed by atoms with Gasteiger partial charge in [0.25, 0.3) is 11.5 Å². The lowest BCUT2D eigenvalue weighted by Gasteiger charge is -2.09. The maximum absolute atomic E-state index is 12.9. The summed E-state index contributed by atoms with van der Waals surface area (Å²) in [6.07, 6.45) is 2.03. The predicted octanol–water partition coefficient (Wildman–Crippen LogP) is 2.81. The van der Waals surface area contributed by atoms with E-state index in [1.165, 1.54) is 4.68 Å². The summed E-state index contributed by atoms with van der Waals surface area (Å²) in [5.41, 5.74) is 1.63. The second-order valence-electron chi connectivity index (χ2n) is 7.67. The summed E-state index contributed by atoms with van der Waals surface area (Å²) in [5, 5.41) is 7.69. The number of fused-ring (bicyclic) bond motifs is 1. The molecule has 4 aromatic rings. The third-order valence-electron chi connectivity index (χ3n) is 5.41. The number of hydrogen-bond acceptors (Lipinski definition) is 6. The molecule has 1 aliphatic carbocycles. The number of aromatic nitrogens is 4. The molecule has 1 fully saturated rings. The van der Waals surface area contributed by atoms with Crippen molar-refractivity contribution in [2.45, 2.75) is 32.6 Å². The van der Waals surface area contributed by atoms with Gasteiger partial charge in [-0.3, -0.25) is 19.4 Å². The van der Waals surface area contributed by atoms with E-state index in [0.717, 1.165) is 24.6 Å². The Labute approximate surface area is 175 Å². The first-order valence-electron chi connectivity index (χ1n) is 9.93. The first-order valence-corrected chi connectivity index (χ1v) is 9.93. The summed E-state index contributed by atoms with van der Waals surface area (Å²) >= 11 is 0. The molecule has 9 nitrogen and oxygen atoms in total. The summed E-state index contributed by atoms with van der Waals surface area (Å²) in [4.78, 5) is 44.6. The Morgan fingerprint density at radius 3 is 2.71 bits per heavy atom. The topological polar surface area (TPSA) is 123 Å². The second-order valence-corrected chi connectivity index (χ2v) is 7.67. The van der Waals surface area contributed by atoms with Gasteiger partial charge in [-0.15, -0.1) is 0 Å². The fraction of sp³-hybridized carbons (Fsp3) is 0.227. The molecule has 156 valence electrons. The zero-order valence-corrected chi connectivity index (χ0v) is 16.9. The van der Waals surface area contributed by atoms with Crippen molar-refractivity contribution in [2.75, 3.05) is 5.32 Å². The summed E-state index contributed by atoms with van der Waals surface area (Å²) in [5.74, 6) is 0.127. The third-order valence-corrected chi connectivity index (χ3v) is 5.41. The van der Waals surface area contributed by atoms with Gasteiger partial charge in [-0.1, -0.05) is 12.1 Å². The number of anilines is 1. The van der Waals surface area contributed by atoms with Crippen molar-refractivity contribution in [2.24, 2.45) is 0 Å². The molecule has 31 heavy (non-hydrogen) atoms. The Balaban J connectivity index is 1.55. The Hall–Kier alpha value is -4.01. The summed E-state index contributed by atoms with van der Waals surface area (Å²) < 4.78 is 7.03. The molecule has 0 radical (unpaired) electrons. The molecular weight excluding hydrogens is 398 g/mol. The molecule has 5 rings (SSSR count). The van der Waals surface area contributed by atoms with Gasteiger partial charge >= 0.3 is 0 Å². The number of aryl methyl sites for hydroxylation is 1. The number of H-pyrrole nitrogens is 1. The smallest absolute Gasteiger partial charge is 0.292 e. The number of para-hydroxylation sites is 1. The minimum absolute atomic E-state index is 0.119. The van der Waals surface area contributed by atoms with Crippen LogP contribution in [0.1, 0.15) is 46.3 Å². The molecule has 1 aromatic carbocycles. The zero-order chi connectivity index (χ0) is 21.7. The quantitative estimate of drug-likeness (QED) is 0.526. The average Bonchev–Trinajstić information content (AvgIpc) is 3.52. The van der Waals surface area contributed by atoms with Crippen molar-refractivity contribution in [3.05, 3.63) is 79.7 Å². The minimum atomic E-state index is -0.600. The summed E-state index contributed by atoms with van der Waals surface area (Å²) in [7, 11) is 0. The number of aromatic amines is 1. The highest BCUT2D eigenvalue weighted by Crippen LogP contribution is 2.40. The number of amides is 1. The van der Waals surface area contributed by atoms with Gasteiger partial charge in [0.15, 0.2) is 11.2 Å². The highest BCUT2D eigenvalue weighted by atomic mass is 16.3. The maximum atomic E-state index is 12.9. The molecule has 0 aliphatic heterocycles. The van der Waals surface area contributed by atoms with E-state index >= 15 is 0 Å². The number of carbonyl (C=O) groups is 1. The normalized spacial score (nSPS) is 13.5. The van der Waals surface area contributed by atoms with Crippen LogP contribution in [0.4, 0.5) is 5.82 Å². The van der Waals surface area contributed by atoms with Crippen molar-refractivity contribution in [3.63, 3.8) is 0 Å². The minimum Gasteiger partial charge on any atom is -0.451 e. The third kappa shape index (κ3) is 3.43. The highest BCUT2D eigenvalue weighted by Gasteiger charge is 2.29. The molecule has 1 amide bonds. The molecule has 0 bridgehead atoms. The lowest BCUT2D eigenvalue weighted by atomic mass is 10.2. The van der Waals surface area contributed by atoms with Gasteiger partial charge < -0.3 is 9.73 Å². The van der Waals surface area contributed by atoms with E-state index in [1.54, 1.807) is 44.2 Å². The molecule has 0 atom stereocenters. The summed E-state index contributed by atoms with van der Waals surface area (Å²) in [6.45, 7) is 3.43. The van der Waals surface area contributed by atoms with Crippen LogP contribution in [0, 0.1) is 13.8 Å². The average molecular weight is 417 g/mol. The van der Waals surface area contributed by atoms with E-state index in [4.69, 9.17) is 4.42 Å². The van der Waals surface area contributed by atoms with Crippen LogP contribution in [-0.2, 0) is 0 Å². The van der Waals surface area contributed by atoms with Crippen LogP contribution in [-0.4, -0.2) is 25.7 Å². The lowest BCUT2D eigenvalue weighted by molar-refractivity contribution is 0.0996. The van der Waals surface area contributed by atoms with Crippen LogP contribution >= 0.6 is 0 Å². The first-order chi connectivity index (χ1) is 14.9. The van der Waals surface area contributed by atoms with E-state index in [1.807, 2.05) is 0 Å². The Kier molecular flexibility index (Phi) is 4.32. The first kappa shape index (κ1) is 19.0. The number of benzene rings is 1. The highest BCUT2D eigenvalue weighted by molar-refractivity contribution is 6.02. The summed E-state index contributed by atoms with van der Waals surface area (Å²) in [6, 6.07) is 9.65. The van der Waals surface area contributed by atoms with Gasteiger partial charge in [-0.2, -0.15) is 9.78 Å². The number of carbonyl (C=O) groups excluding carboxylic acids is 1. The molecule has 2 N–H and O–H groups in total. The molecule has 1 aliphatic rings. The van der Waals surface area contributed by atoms with Gasteiger partial charge in [-0.25, -0.2) is 4.98 Å². The van der Waals surface area contributed by atoms with Crippen LogP contribution in [0.25, 0.3) is 16.9 Å². The maximum Gasteiger partial charge on any atom is 0.292 e. The number of nitrogens with zero attached hydrogens (tertiary/aromatic N) is 3. The van der Waals surface area contributed by atoms with Crippen LogP contribution < -0.4 is 16.3 Å². The van der Waals surface area contributed by atoms with Crippen molar-refractivity contribution in [3.8, 4) is 5.95 Å². The van der Waals surface area contributed by atoms with Crippen LogP contribution in [0.2, 0.25) is 0 Å². The Morgan fingerprint density at radius 1 is 1.19 bits per heavy atom. The van der Waals surface area contributed by atoms with Crippen molar-refractivity contribution in [1.82, 2.24) is 19.7 Å². The molecule has 9 heteroatoms. The molecular formula is C22H19N5O4. The lowest BCUT2D eigenvalue weighted by Crippen LogP contribution is -2.21. The van der Waals surface area contributed by atoms with Crippen molar-refractivity contribution < 1.29 is 9.21 Å². The molecule has 0 unspecified atom stereocenters. The van der Waals surface area contributed by atoms with Gasteiger partial charge in [-0.05, 0) is 38.8 Å². The van der Waals surface area contributed by atoms with Crippen LogP contribution in [0.5, 0.6) is 0 Å². The molecule has 3 heterocycles. The predicted molar refractivity (Wildman–Crippen MR) is 114 cm³/mol. The fourth-order valence-corrected chi connectivity index (χ4v) is 3.35. The van der Waals surface area contributed by atoms with Gasteiger partial charge in [0.1, 0.15) is 11.4 Å². The van der Waals surface area contributed by atoms with Crippen LogP contribution in [0.3, 0.4) is 0 Å². The number of nitrogens with one attached hydrogen (secondary N) is 2. The Morgan fingerprint density at radius 2 is 1.97 bits per heavy atom. The standard InChI is InChI=1S/C22H19N5O4/c1-11-12(2)23-22(25-20(11)29)27-19(9-15(26-27)13-7-8-13)24-21(30)18-10-16(28)14-5-3-4-6-17(14)31-18/h3-6,9-10,13H,7-8H2,1-2H3,(H,24,30)(H,23,25,29). The van der Waals surface area contributed by atoms with Crippen molar-refractivity contribution in [1.29, 1.82) is 0 Å². The molecule has 1 saturated carbocycles. The van der Waals surface area contributed by atoms with Crippen LogP contribution in [0.15, 0.2) is 50.4 Å². The Bertz CT molecular complexity index is 1460. The van der Waals surface area contributed by atoms with Crippen molar-refractivity contribution >= 4 is 22.7 Å². The van der Waals surface area contributed by atoms with E-state index in [0.29, 0.717) is 34.0 Å². The van der Waals surface area contributed by atoms with E-state index in [2.05, 4.69) is 20.4 Å². The van der Waals surface area contributed by atoms with E-state index in [9.17, 15) is 14.4 Å². The van der Waals surface area contributed by atoms with Gasteiger partial charge in [0.05, 0.1) is 11.1 Å².